The zero-order valence-electron chi connectivity index (χ0n) is 62.8. The first-order chi connectivity index (χ1) is 57.4. The molecule has 6 nitrogen and oxygen atoms in total. The Hall–Kier alpha value is -14.8. The van der Waals surface area contributed by atoms with Crippen LogP contribution in [0.4, 0.5) is 0 Å². The molecule has 0 spiro atoms. The number of aromatic nitrogens is 6. The Morgan fingerprint density at radius 3 is 1.07 bits per heavy atom. The van der Waals surface area contributed by atoms with Gasteiger partial charge in [-0.05, 0) is 121 Å². The zero-order chi connectivity index (χ0) is 76.8. The van der Waals surface area contributed by atoms with Crippen LogP contribution in [0.3, 0.4) is 0 Å². The summed E-state index contributed by atoms with van der Waals surface area (Å²) < 4.78 is 4.91. The molecule has 6 aromatic heterocycles. The van der Waals surface area contributed by atoms with Crippen LogP contribution in [0.15, 0.2) is 413 Å². The first-order valence-electron chi connectivity index (χ1n) is 39.0. The van der Waals surface area contributed by atoms with Crippen LogP contribution in [0.5, 0.6) is 0 Å². The normalized spacial score (nSPS) is 11.4. The number of thiophene rings is 2. The Morgan fingerprint density at radius 2 is 0.526 bits per heavy atom. The van der Waals surface area contributed by atoms with E-state index in [9.17, 15) is 0 Å². The molecule has 0 aliphatic carbocycles. The molecule has 8 heteroatoms. The van der Waals surface area contributed by atoms with Gasteiger partial charge in [-0.3, -0.25) is 0 Å². The number of fused-ring (bicyclic) bond motifs is 11. The van der Waals surface area contributed by atoms with E-state index in [0.717, 1.165) is 101 Å². The molecule has 0 saturated carbocycles. The summed E-state index contributed by atoms with van der Waals surface area (Å²) in [6, 6.07) is 146. The van der Waals surface area contributed by atoms with E-state index < -0.39 is 0 Å². The molecule has 0 radical (unpaired) electrons. The van der Waals surface area contributed by atoms with E-state index in [4.69, 9.17) is 29.9 Å². The lowest BCUT2D eigenvalue weighted by Gasteiger charge is -2.13. The number of pyridine rings is 2. The van der Waals surface area contributed by atoms with E-state index in [1.165, 1.54) is 106 Å². The summed E-state index contributed by atoms with van der Waals surface area (Å²) in [5.74, 6) is 1.38. The Balaban J connectivity index is 0.000000149. The van der Waals surface area contributed by atoms with Gasteiger partial charge in [0.15, 0.2) is 11.6 Å². The lowest BCUT2D eigenvalue weighted by Crippen LogP contribution is -1.96. The van der Waals surface area contributed by atoms with Gasteiger partial charge in [-0.25, -0.2) is 29.9 Å². The second kappa shape index (κ2) is 30.0. The van der Waals surface area contributed by atoms with Gasteiger partial charge >= 0.3 is 0 Å². The molecular weight excluding hydrogens is 1450 g/mol. The highest BCUT2D eigenvalue weighted by Gasteiger charge is 2.23. The van der Waals surface area contributed by atoms with Crippen LogP contribution in [0.1, 0.15) is 0 Å². The maximum absolute atomic E-state index is 5.41. The molecule has 0 atom stereocenters. The van der Waals surface area contributed by atoms with Crippen molar-refractivity contribution in [2.75, 3.05) is 0 Å². The van der Waals surface area contributed by atoms with Crippen LogP contribution in [-0.2, 0) is 0 Å². The molecule has 0 aliphatic heterocycles. The molecule has 6 heterocycles. The zero-order valence-corrected chi connectivity index (χ0v) is 64.4. The van der Waals surface area contributed by atoms with Gasteiger partial charge in [0.2, 0.25) is 0 Å². The highest BCUT2D eigenvalue weighted by atomic mass is 32.1. The molecule has 116 heavy (non-hydrogen) atoms. The van der Waals surface area contributed by atoms with Gasteiger partial charge in [-0.2, -0.15) is 0 Å². The molecular formula is C108H68N6S2. The first kappa shape index (κ1) is 69.2. The summed E-state index contributed by atoms with van der Waals surface area (Å²) in [5, 5.41) is 9.89. The molecule has 0 aliphatic rings. The van der Waals surface area contributed by atoms with Gasteiger partial charge < -0.3 is 0 Å². The summed E-state index contributed by atoms with van der Waals surface area (Å²) in [7, 11) is 0. The van der Waals surface area contributed by atoms with Gasteiger partial charge in [0.25, 0.3) is 0 Å². The van der Waals surface area contributed by atoms with Crippen LogP contribution >= 0.6 is 22.7 Å². The first-order valence-corrected chi connectivity index (χ1v) is 40.6. The molecule has 0 bridgehead atoms. The topological polar surface area (TPSA) is 77.3 Å². The van der Waals surface area contributed by atoms with Gasteiger partial charge in [-0.15, -0.1) is 22.7 Å². The van der Waals surface area contributed by atoms with Crippen LogP contribution in [-0.4, -0.2) is 29.9 Å². The quantitative estimate of drug-likeness (QED) is 0.114. The third-order valence-corrected chi connectivity index (χ3v) is 24.4. The Bertz CT molecular complexity index is 7280. The van der Waals surface area contributed by atoms with E-state index in [1.807, 2.05) is 71.2 Å². The van der Waals surface area contributed by atoms with Gasteiger partial charge in [0.1, 0.15) is 0 Å². The molecule has 22 aromatic rings. The maximum atomic E-state index is 5.41. The molecule has 0 amide bonds. The van der Waals surface area contributed by atoms with Crippen molar-refractivity contribution in [1.82, 2.24) is 29.9 Å². The van der Waals surface area contributed by atoms with E-state index >= 15 is 0 Å². The number of benzene rings is 16. The Morgan fingerprint density at radius 1 is 0.172 bits per heavy atom. The van der Waals surface area contributed by atoms with Crippen molar-refractivity contribution >= 4 is 95.6 Å². The monoisotopic (exact) mass is 1510 g/mol. The maximum Gasteiger partial charge on any atom is 0.160 e. The minimum absolute atomic E-state index is 0.681. The van der Waals surface area contributed by atoms with Crippen molar-refractivity contribution in [2.24, 2.45) is 0 Å². The minimum Gasteiger partial charge on any atom is -0.246 e. The fourth-order valence-electron chi connectivity index (χ4n) is 16.1. The lowest BCUT2D eigenvalue weighted by molar-refractivity contribution is 1.18. The number of hydrogen-bond donors (Lipinski definition) is 0. The van der Waals surface area contributed by atoms with Gasteiger partial charge in [0.05, 0.1) is 54.6 Å². The van der Waals surface area contributed by atoms with Crippen LogP contribution in [0.2, 0.25) is 0 Å². The molecule has 0 N–H and O–H groups in total. The summed E-state index contributed by atoms with van der Waals surface area (Å²) in [6.07, 6.45) is 0. The Labute approximate surface area is 679 Å². The summed E-state index contributed by atoms with van der Waals surface area (Å²) >= 11 is 3.64. The van der Waals surface area contributed by atoms with E-state index in [1.54, 1.807) is 0 Å². The standard InChI is InChI=1S/C61H39N3S.C47H29N3S/c1-4-13-40(14-5-1)43-23-29-46(30-24-43)55-39-56(47-31-25-44(26-32-47)41-15-6-2-7-16-41)64-61(63-55)48-33-27-45(28-34-48)49-19-12-20-51(37-49)59-60-58(52-21-10-11-22-57(52)65-60)53-38-50(35-36-54(53)62-59)42-17-8-3-9-18-42;1-3-13-31(14-4-1)40-29-41(32-15-5-2-6-16-32)50-47(49-40)34-25-23-33(24-26-34)45-46-44(38-18-9-10-21-42(38)51-46)43-37(19-11-20-39(43)48-45)36-27-22-30-12-7-8-17-35(30)28-36/h1-39H;1-29H. The van der Waals surface area contributed by atoms with Crippen LogP contribution in [0, 0.1) is 0 Å². The average molecular weight is 1510 g/mol. The average Bonchev–Trinajstić information content (AvgIpc) is 1.55. The lowest BCUT2D eigenvalue weighted by atomic mass is 9.94. The van der Waals surface area contributed by atoms with Crippen molar-refractivity contribution in [3.63, 3.8) is 0 Å². The molecule has 16 aromatic carbocycles. The fraction of sp³-hybridized carbons (Fsp3) is 0. The second-order valence-electron chi connectivity index (χ2n) is 29.2. The fourth-order valence-corrected chi connectivity index (χ4v) is 18.6. The molecule has 0 unspecified atom stereocenters. The third-order valence-electron chi connectivity index (χ3n) is 22.0. The largest absolute Gasteiger partial charge is 0.246 e. The number of nitrogens with zero attached hydrogens (tertiary/aromatic N) is 6. The second-order valence-corrected chi connectivity index (χ2v) is 31.3. The predicted octanol–water partition coefficient (Wildman–Crippen LogP) is 29.6. The van der Waals surface area contributed by atoms with E-state index in [-0.39, 0.29) is 0 Å². The summed E-state index contributed by atoms with van der Waals surface area (Å²) in [4.78, 5) is 31.3. The van der Waals surface area contributed by atoms with Crippen LogP contribution in [0.25, 0.3) is 219 Å². The van der Waals surface area contributed by atoms with Gasteiger partial charge in [0, 0.05) is 86.2 Å². The van der Waals surface area contributed by atoms with Crippen molar-refractivity contribution in [3.05, 3.63) is 413 Å². The van der Waals surface area contributed by atoms with Gasteiger partial charge in [-0.1, -0.05) is 358 Å². The summed E-state index contributed by atoms with van der Waals surface area (Å²) in [5.41, 5.74) is 27.5. The Kier molecular flexibility index (Phi) is 17.9. The third kappa shape index (κ3) is 13.3. The van der Waals surface area contributed by atoms with Crippen molar-refractivity contribution in [3.8, 4) is 146 Å². The molecule has 542 valence electrons. The summed E-state index contributed by atoms with van der Waals surface area (Å²) in [6.45, 7) is 0. The molecule has 0 saturated heterocycles. The highest BCUT2D eigenvalue weighted by Crippen LogP contribution is 2.48. The predicted molar refractivity (Wildman–Crippen MR) is 489 cm³/mol. The minimum atomic E-state index is 0.681. The molecule has 22 rings (SSSR count). The number of hydrogen-bond acceptors (Lipinski definition) is 8. The SMILES string of the molecule is c1ccc(-c2cc(-c3ccccc3)nc(-c3ccc(-c4nc5cccc(-c6ccc7ccccc7c6)c5c5c4sc4ccccc45)cc3)n2)cc1.c1ccc(-c2ccc(-c3cc(-c4ccc(-c5ccccc5)cc4)nc(-c4ccc(-c5cccc(-c6nc7ccc(-c8ccccc8)cc7c7c6sc6ccccc67)c5)cc4)n3)cc2)cc1. The number of rotatable bonds is 13. The van der Waals surface area contributed by atoms with E-state index in [0.29, 0.717) is 11.6 Å². The van der Waals surface area contributed by atoms with Crippen molar-refractivity contribution in [1.29, 1.82) is 0 Å². The van der Waals surface area contributed by atoms with E-state index in [2.05, 4.69) is 364 Å². The molecule has 0 fully saturated rings. The highest BCUT2D eigenvalue weighted by molar-refractivity contribution is 7.27. The van der Waals surface area contributed by atoms with Crippen LogP contribution < -0.4 is 0 Å². The van der Waals surface area contributed by atoms with Crippen molar-refractivity contribution < 1.29 is 0 Å². The smallest absolute Gasteiger partial charge is 0.160 e. The van der Waals surface area contributed by atoms with Crippen molar-refractivity contribution in [2.45, 2.75) is 0 Å².